The number of anilines is 1. The molecule has 8 heteroatoms. The minimum Gasteiger partial charge on any atom is -0.445 e. The molecule has 130 valence electrons. The maximum atomic E-state index is 11.8. The van der Waals surface area contributed by atoms with Crippen LogP contribution in [-0.4, -0.2) is 35.7 Å². The highest BCUT2D eigenvalue weighted by molar-refractivity contribution is 5.73. The van der Waals surface area contributed by atoms with E-state index in [4.69, 9.17) is 4.74 Å². The van der Waals surface area contributed by atoms with Gasteiger partial charge in [-0.05, 0) is 11.6 Å². The fourth-order valence-corrected chi connectivity index (χ4v) is 1.88. The number of nitro benzene ring substituents is 1. The highest BCUT2D eigenvalue weighted by atomic mass is 16.6. The molecule has 25 heavy (non-hydrogen) atoms. The Morgan fingerprint density at radius 3 is 2.76 bits per heavy atom. The summed E-state index contributed by atoms with van der Waals surface area (Å²) in [5.41, 5.74) is 4.05. The molecule has 0 aliphatic heterocycles. The second-order valence-corrected chi connectivity index (χ2v) is 5.15. The molecule has 0 aliphatic rings. The van der Waals surface area contributed by atoms with Crippen molar-refractivity contribution in [3.63, 3.8) is 0 Å². The molecule has 0 radical (unpaired) electrons. The third-order valence-electron chi connectivity index (χ3n) is 3.21. The number of benzene rings is 2. The molecule has 2 rings (SSSR count). The first-order chi connectivity index (χ1) is 12.1. The number of hydrogen-bond donors (Lipinski definition) is 1. The second-order valence-electron chi connectivity index (χ2n) is 5.15. The van der Waals surface area contributed by atoms with Gasteiger partial charge in [-0.25, -0.2) is 4.79 Å². The largest absolute Gasteiger partial charge is 0.445 e. The molecule has 0 spiro atoms. The molecule has 1 amide bonds. The average molecular weight is 342 g/mol. The van der Waals surface area contributed by atoms with Crippen molar-refractivity contribution in [3.05, 3.63) is 70.3 Å². The Morgan fingerprint density at radius 2 is 2.04 bits per heavy atom. The Hall–Kier alpha value is -3.42. The maximum absolute atomic E-state index is 11.8. The Bertz CT molecular complexity index is 749. The lowest BCUT2D eigenvalue weighted by Gasteiger charge is -2.14. The van der Waals surface area contributed by atoms with E-state index in [1.54, 1.807) is 19.2 Å². The normalized spacial score (nSPS) is 10.4. The molecule has 0 atom stereocenters. The van der Waals surface area contributed by atoms with Crippen molar-refractivity contribution >= 4 is 23.7 Å². The van der Waals surface area contributed by atoms with Crippen LogP contribution in [-0.2, 0) is 11.3 Å². The van der Waals surface area contributed by atoms with Crippen LogP contribution in [0.1, 0.15) is 5.56 Å². The molecule has 0 heterocycles. The van der Waals surface area contributed by atoms with E-state index in [1.807, 2.05) is 30.3 Å². The van der Waals surface area contributed by atoms with Gasteiger partial charge in [-0.2, -0.15) is 5.10 Å². The van der Waals surface area contributed by atoms with Gasteiger partial charge in [-0.1, -0.05) is 36.4 Å². The van der Waals surface area contributed by atoms with E-state index in [0.29, 0.717) is 5.69 Å². The van der Waals surface area contributed by atoms with E-state index < -0.39 is 11.0 Å². The van der Waals surface area contributed by atoms with Crippen molar-refractivity contribution in [1.29, 1.82) is 0 Å². The van der Waals surface area contributed by atoms with Gasteiger partial charge in [-0.3, -0.25) is 15.5 Å². The lowest BCUT2D eigenvalue weighted by atomic mass is 10.2. The quantitative estimate of drug-likeness (QED) is 0.473. The van der Waals surface area contributed by atoms with Crippen molar-refractivity contribution in [2.45, 2.75) is 6.61 Å². The number of amides is 1. The van der Waals surface area contributed by atoms with E-state index in [2.05, 4.69) is 10.5 Å². The topological polar surface area (TPSA) is 97.1 Å². The van der Waals surface area contributed by atoms with Gasteiger partial charge in [0.2, 0.25) is 0 Å². The van der Waals surface area contributed by atoms with Crippen LogP contribution in [0.5, 0.6) is 0 Å². The SMILES string of the molecule is CN(C/C=N/Nc1cccc([N+](=O)[O-])c1)C(=O)OCc1ccccc1. The molecule has 8 nitrogen and oxygen atoms in total. The van der Waals surface area contributed by atoms with E-state index in [1.165, 1.54) is 23.2 Å². The Balaban J connectivity index is 1.76. The molecule has 0 saturated carbocycles. The predicted molar refractivity (Wildman–Crippen MR) is 94.5 cm³/mol. The van der Waals surface area contributed by atoms with Crippen LogP contribution in [0, 0.1) is 10.1 Å². The highest BCUT2D eigenvalue weighted by Gasteiger charge is 2.08. The van der Waals surface area contributed by atoms with Gasteiger partial charge in [0, 0.05) is 25.4 Å². The zero-order valence-corrected chi connectivity index (χ0v) is 13.7. The predicted octanol–water partition coefficient (Wildman–Crippen LogP) is 3.26. The fourth-order valence-electron chi connectivity index (χ4n) is 1.88. The minimum absolute atomic E-state index is 0.0261. The molecule has 0 saturated heterocycles. The maximum Gasteiger partial charge on any atom is 0.410 e. The van der Waals surface area contributed by atoms with E-state index >= 15 is 0 Å². The summed E-state index contributed by atoms with van der Waals surface area (Å²) in [5.74, 6) is 0. The summed E-state index contributed by atoms with van der Waals surface area (Å²) in [6.07, 6.45) is 1.01. The van der Waals surface area contributed by atoms with Crippen molar-refractivity contribution in [3.8, 4) is 0 Å². The van der Waals surface area contributed by atoms with Gasteiger partial charge in [0.25, 0.3) is 5.69 Å². The molecule has 0 fully saturated rings. The van der Waals surface area contributed by atoms with Crippen molar-refractivity contribution in [1.82, 2.24) is 4.90 Å². The van der Waals surface area contributed by atoms with Crippen LogP contribution in [0.4, 0.5) is 16.2 Å². The molecular weight excluding hydrogens is 324 g/mol. The lowest BCUT2D eigenvalue weighted by Crippen LogP contribution is -2.29. The number of hydrazone groups is 1. The van der Waals surface area contributed by atoms with Gasteiger partial charge in [0.15, 0.2) is 0 Å². The molecule has 0 aliphatic carbocycles. The standard InChI is InChI=1S/C17H18N4O4/c1-20(17(22)25-13-14-6-3-2-4-7-14)11-10-18-19-15-8-5-9-16(12-15)21(23)24/h2-10,12,19H,11,13H2,1H3/b18-10+. The highest BCUT2D eigenvalue weighted by Crippen LogP contribution is 2.16. The van der Waals surface area contributed by atoms with Crippen molar-refractivity contribution < 1.29 is 14.5 Å². The van der Waals surface area contributed by atoms with E-state index in [0.717, 1.165) is 5.56 Å². The third-order valence-corrected chi connectivity index (χ3v) is 3.21. The summed E-state index contributed by atoms with van der Waals surface area (Å²) < 4.78 is 5.18. The number of nitrogens with one attached hydrogen (secondary N) is 1. The van der Waals surface area contributed by atoms with E-state index in [-0.39, 0.29) is 18.8 Å². The monoisotopic (exact) mass is 342 g/mol. The first kappa shape index (κ1) is 17.9. The molecule has 2 aromatic rings. The Labute approximate surface area is 144 Å². The summed E-state index contributed by atoms with van der Waals surface area (Å²) in [7, 11) is 1.59. The summed E-state index contributed by atoms with van der Waals surface area (Å²) >= 11 is 0. The zero-order valence-electron chi connectivity index (χ0n) is 13.7. The summed E-state index contributed by atoms with van der Waals surface area (Å²) in [5, 5.41) is 14.6. The number of hydrogen-bond acceptors (Lipinski definition) is 6. The number of carbonyl (C=O) groups excluding carboxylic acids is 1. The van der Waals surface area contributed by atoms with Gasteiger partial charge < -0.3 is 9.64 Å². The van der Waals surface area contributed by atoms with Crippen molar-refractivity contribution in [2.24, 2.45) is 5.10 Å². The number of rotatable bonds is 7. The number of ether oxygens (including phenoxy) is 1. The van der Waals surface area contributed by atoms with Crippen molar-refractivity contribution in [2.75, 3.05) is 19.0 Å². The zero-order chi connectivity index (χ0) is 18.1. The Morgan fingerprint density at radius 1 is 1.28 bits per heavy atom. The molecule has 2 aromatic carbocycles. The number of nitro groups is 1. The van der Waals surface area contributed by atoms with Crippen LogP contribution in [0.2, 0.25) is 0 Å². The molecular formula is C17H18N4O4. The molecule has 0 bridgehead atoms. The van der Waals surface area contributed by atoms with Gasteiger partial charge in [-0.15, -0.1) is 0 Å². The second kappa shape index (κ2) is 9.02. The molecule has 1 N–H and O–H groups in total. The lowest BCUT2D eigenvalue weighted by molar-refractivity contribution is -0.384. The summed E-state index contributed by atoms with van der Waals surface area (Å²) in [4.78, 5) is 23.4. The number of nitrogens with zero attached hydrogens (tertiary/aromatic N) is 3. The smallest absolute Gasteiger partial charge is 0.410 e. The summed E-state index contributed by atoms with van der Waals surface area (Å²) in [6.45, 7) is 0.433. The molecule has 0 unspecified atom stereocenters. The average Bonchev–Trinajstić information content (AvgIpc) is 2.64. The van der Waals surface area contributed by atoms with Crippen LogP contribution in [0.15, 0.2) is 59.7 Å². The first-order valence-electron chi connectivity index (χ1n) is 7.50. The van der Waals surface area contributed by atoms with Gasteiger partial charge in [0.1, 0.15) is 6.61 Å². The van der Waals surface area contributed by atoms with Gasteiger partial charge >= 0.3 is 6.09 Å². The van der Waals surface area contributed by atoms with Crippen LogP contribution in [0.25, 0.3) is 0 Å². The fraction of sp³-hybridized carbons (Fsp3) is 0.176. The van der Waals surface area contributed by atoms with Gasteiger partial charge in [0.05, 0.1) is 17.2 Å². The number of carbonyl (C=O) groups is 1. The van der Waals surface area contributed by atoms with Crippen LogP contribution >= 0.6 is 0 Å². The van der Waals surface area contributed by atoms with Crippen LogP contribution < -0.4 is 5.43 Å². The Kier molecular flexibility index (Phi) is 6.47. The van der Waals surface area contributed by atoms with E-state index in [9.17, 15) is 14.9 Å². The summed E-state index contributed by atoms with van der Waals surface area (Å²) in [6, 6.07) is 15.4. The van der Waals surface area contributed by atoms with Crippen LogP contribution in [0.3, 0.4) is 0 Å². The minimum atomic E-state index is -0.481. The first-order valence-corrected chi connectivity index (χ1v) is 7.50. The third kappa shape index (κ3) is 5.94. The number of non-ortho nitro benzene ring substituents is 1. The molecule has 0 aromatic heterocycles.